The molecular weight excluding hydrogens is 361 g/mol. The van der Waals surface area contributed by atoms with Gasteiger partial charge >= 0.3 is 0 Å². The summed E-state index contributed by atoms with van der Waals surface area (Å²) in [5.74, 6) is -0.729. The van der Waals surface area contributed by atoms with E-state index in [0.717, 1.165) is 18.4 Å². The lowest BCUT2D eigenvalue weighted by molar-refractivity contribution is 0.0484. The van der Waals surface area contributed by atoms with E-state index in [0.29, 0.717) is 24.1 Å². The molecule has 28 heavy (non-hydrogen) atoms. The lowest BCUT2D eigenvalue weighted by Crippen LogP contribution is -2.37. The van der Waals surface area contributed by atoms with E-state index in [2.05, 4.69) is 0 Å². The molecule has 1 saturated heterocycles. The summed E-state index contributed by atoms with van der Waals surface area (Å²) in [6, 6.07) is 14.1. The van der Waals surface area contributed by atoms with Crippen LogP contribution in [0.5, 0.6) is 0 Å². The fourth-order valence-corrected chi connectivity index (χ4v) is 3.43. The molecule has 0 N–H and O–H groups in total. The van der Waals surface area contributed by atoms with Gasteiger partial charge in [-0.2, -0.15) is 0 Å². The smallest absolute Gasteiger partial charge is 0.290 e. The van der Waals surface area contributed by atoms with Crippen molar-refractivity contribution in [3.05, 3.63) is 82.0 Å². The Hall–Kier alpha value is -2.99. The maximum absolute atomic E-state index is 13.2. The SMILES string of the molecule is O=C(c1cc(=O)c2ccccc2o1)N(Cc1ccc(F)cc1)C[C@H]1CCCO1. The third-order valence-corrected chi connectivity index (χ3v) is 4.87. The molecule has 1 aromatic heterocycles. The van der Waals surface area contributed by atoms with Crippen molar-refractivity contribution in [3.63, 3.8) is 0 Å². The van der Waals surface area contributed by atoms with Crippen LogP contribution in [-0.4, -0.2) is 30.1 Å². The number of nitrogens with zero attached hydrogens (tertiary/aromatic N) is 1. The molecule has 4 rings (SSSR count). The Balaban J connectivity index is 1.65. The fourth-order valence-electron chi connectivity index (χ4n) is 3.43. The minimum Gasteiger partial charge on any atom is -0.451 e. The lowest BCUT2D eigenvalue weighted by atomic mass is 10.1. The van der Waals surface area contributed by atoms with Crippen LogP contribution in [0.4, 0.5) is 4.39 Å². The first kappa shape index (κ1) is 18.4. The third kappa shape index (κ3) is 3.97. The molecule has 0 spiro atoms. The van der Waals surface area contributed by atoms with E-state index in [4.69, 9.17) is 9.15 Å². The lowest BCUT2D eigenvalue weighted by Gasteiger charge is -2.25. The van der Waals surface area contributed by atoms with Crippen LogP contribution in [0.2, 0.25) is 0 Å². The molecule has 0 saturated carbocycles. The highest BCUT2D eigenvalue weighted by Crippen LogP contribution is 2.19. The van der Waals surface area contributed by atoms with Crippen LogP contribution in [0.25, 0.3) is 11.0 Å². The molecule has 0 radical (unpaired) electrons. The number of benzene rings is 2. The van der Waals surface area contributed by atoms with Crippen molar-refractivity contribution in [2.75, 3.05) is 13.2 Å². The van der Waals surface area contributed by atoms with E-state index in [1.54, 1.807) is 41.3 Å². The second kappa shape index (κ2) is 7.94. The summed E-state index contributed by atoms with van der Waals surface area (Å²) in [5.41, 5.74) is 0.900. The van der Waals surface area contributed by atoms with Crippen molar-refractivity contribution in [3.8, 4) is 0 Å². The van der Waals surface area contributed by atoms with Gasteiger partial charge in [0.15, 0.2) is 11.2 Å². The first-order valence-corrected chi connectivity index (χ1v) is 9.28. The Kier molecular flexibility index (Phi) is 5.21. The van der Waals surface area contributed by atoms with Gasteiger partial charge in [-0.25, -0.2) is 4.39 Å². The molecule has 2 aromatic carbocycles. The van der Waals surface area contributed by atoms with Crippen LogP contribution in [0.1, 0.15) is 29.0 Å². The van der Waals surface area contributed by atoms with Crippen molar-refractivity contribution >= 4 is 16.9 Å². The number of fused-ring (bicyclic) bond motifs is 1. The van der Waals surface area contributed by atoms with Crippen LogP contribution >= 0.6 is 0 Å². The fraction of sp³-hybridized carbons (Fsp3) is 0.273. The van der Waals surface area contributed by atoms with Gasteiger partial charge in [-0.1, -0.05) is 24.3 Å². The predicted molar refractivity (Wildman–Crippen MR) is 103 cm³/mol. The van der Waals surface area contributed by atoms with E-state index >= 15 is 0 Å². The normalized spacial score (nSPS) is 16.4. The number of amides is 1. The van der Waals surface area contributed by atoms with E-state index in [-0.39, 0.29) is 35.6 Å². The molecular formula is C22H20FNO4. The van der Waals surface area contributed by atoms with Crippen molar-refractivity contribution in [2.24, 2.45) is 0 Å². The summed E-state index contributed by atoms with van der Waals surface area (Å²) in [6.07, 6.45) is 1.76. The molecule has 0 unspecified atom stereocenters. The van der Waals surface area contributed by atoms with Crippen LogP contribution in [0.3, 0.4) is 0 Å². The van der Waals surface area contributed by atoms with Gasteiger partial charge in [0.25, 0.3) is 5.91 Å². The number of carbonyl (C=O) groups excluding carboxylic acids is 1. The second-order valence-electron chi connectivity index (χ2n) is 6.92. The number of halogens is 1. The van der Waals surface area contributed by atoms with Crippen molar-refractivity contribution in [2.45, 2.75) is 25.5 Å². The van der Waals surface area contributed by atoms with Crippen LogP contribution in [-0.2, 0) is 11.3 Å². The summed E-state index contributed by atoms with van der Waals surface area (Å²) in [7, 11) is 0. The van der Waals surface area contributed by atoms with Crippen molar-refractivity contribution in [1.82, 2.24) is 4.90 Å². The van der Waals surface area contributed by atoms with Gasteiger partial charge in [-0.3, -0.25) is 9.59 Å². The topological polar surface area (TPSA) is 59.8 Å². The monoisotopic (exact) mass is 381 g/mol. The average Bonchev–Trinajstić information content (AvgIpc) is 3.22. The predicted octanol–water partition coefficient (Wildman–Crippen LogP) is 3.75. The minimum atomic E-state index is -0.386. The van der Waals surface area contributed by atoms with E-state index in [9.17, 15) is 14.0 Å². The zero-order valence-corrected chi connectivity index (χ0v) is 15.3. The number of hydrogen-bond acceptors (Lipinski definition) is 4. The standard InChI is InChI=1S/C22H20FNO4/c23-16-9-7-15(8-10-16)13-24(14-17-4-3-11-27-17)22(26)21-12-19(25)18-5-1-2-6-20(18)28-21/h1-2,5-10,12,17H,3-4,11,13-14H2/t17-/m1/s1. The quantitative estimate of drug-likeness (QED) is 0.675. The maximum atomic E-state index is 13.2. The van der Waals surface area contributed by atoms with Gasteiger partial charge in [0.2, 0.25) is 0 Å². The molecule has 1 atom stereocenters. The van der Waals surface area contributed by atoms with Crippen LogP contribution in [0.15, 0.2) is 63.8 Å². The highest BCUT2D eigenvalue weighted by atomic mass is 19.1. The molecule has 2 heterocycles. The zero-order chi connectivity index (χ0) is 19.5. The molecule has 0 aliphatic carbocycles. The molecule has 1 amide bonds. The van der Waals surface area contributed by atoms with E-state index in [1.165, 1.54) is 18.2 Å². The summed E-state index contributed by atoms with van der Waals surface area (Å²) in [5, 5.41) is 0.434. The molecule has 3 aromatic rings. The Labute approximate surface area is 161 Å². The maximum Gasteiger partial charge on any atom is 0.290 e. The van der Waals surface area contributed by atoms with Gasteiger partial charge in [-0.05, 0) is 42.7 Å². The molecule has 1 aliphatic rings. The van der Waals surface area contributed by atoms with Gasteiger partial charge in [0.1, 0.15) is 11.4 Å². The molecule has 1 aliphatic heterocycles. The third-order valence-electron chi connectivity index (χ3n) is 4.87. The second-order valence-corrected chi connectivity index (χ2v) is 6.92. The largest absolute Gasteiger partial charge is 0.451 e. The first-order valence-electron chi connectivity index (χ1n) is 9.28. The van der Waals surface area contributed by atoms with Gasteiger partial charge < -0.3 is 14.1 Å². The zero-order valence-electron chi connectivity index (χ0n) is 15.3. The Morgan fingerprint density at radius 1 is 1.14 bits per heavy atom. The number of ether oxygens (including phenoxy) is 1. The van der Waals surface area contributed by atoms with E-state index in [1.807, 2.05) is 0 Å². The average molecular weight is 381 g/mol. The minimum absolute atomic E-state index is 0.0104. The van der Waals surface area contributed by atoms with Crippen LogP contribution < -0.4 is 5.43 Å². The molecule has 1 fully saturated rings. The van der Waals surface area contributed by atoms with Crippen molar-refractivity contribution in [1.29, 1.82) is 0 Å². The summed E-state index contributed by atoms with van der Waals surface area (Å²) in [6.45, 7) is 1.33. The number of carbonyl (C=O) groups is 1. The molecule has 6 heteroatoms. The van der Waals surface area contributed by atoms with E-state index < -0.39 is 0 Å². The first-order chi connectivity index (χ1) is 13.6. The highest BCUT2D eigenvalue weighted by molar-refractivity contribution is 5.93. The number of rotatable bonds is 5. The van der Waals surface area contributed by atoms with Gasteiger partial charge in [-0.15, -0.1) is 0 Å². The Morgan fingerprint density at radius 3 is 2.68 bits per heavy atom. The number of hydrogen-bond donors (Lipinski definition) is 0. The van der Waals surface area contributed by atoms with Gasteiger partial charge in [0, 0.05) is 25.8 Å². The molecule has 5 nitrogen and oxygen atoms in total. The molecule has 0 bridgehead atoms. The Morgan fingerprint density at radius 2 is 1.93 bits per heavy atom. The van der Waals surface area contributed by atoms with Crippen LogP contribution in [0, 0.1) is 5.82 Å². The number of para-hydroxylation sites is 1. The van der Waals surface area contributed by atoms with Crippen molar-refractivity contribution < 1.29 is 18.3 Å². The van der Waals surface area contributed by atoms with Gasteiger partial charge in [0.05, 0.1) is 11.5 Å². The Bertz CT molecular complexity index is 1040. The summed E-state index contributed by atoms with van der Waals surface area (Å²) >= 11 is 0. The molecule has 144 valence electrons. The summed E-state index contributed by atoms with van der Waals surface area (Å²) in [4.78, 5) is 27.1. The summed E-state index contributed by atoms with van der Waals surface area (Å²) < 4.78 is 24.6. The highest BCUT2D eigenvalue weighted by Gasteiger charge is 2.25.